The van der Waals surface area contributed by atoms with Crippen LogP contribution in [0.4, 0.5) is 0 Å². The number of benzene rings is 2. The molecule has 0 aliphatic heterocycles. The van der Waals surface area contributed by atoms with Crippen molar-refractivity contribution in [3.8, 4) is 16.9 Å². The van der Waals surface area contributed by atoms with Gasteiger partial charge in [0.1, 0.15) is 5.75 Å². The molecule has 0 aliphatic rings. The minimum atomic E-state index is -0.291. The molecule has 0 amide bonds. The lowest BCUT2D eigenvalue weighted by molar-refractivity contribution is -0.131. The molecular weight excluding hydrogens is 351 g/mol. The molecule has 0 atom stereocenters. The first-order valence-corrected chi connectivity index (χ1v) is 7.12. The van der Waals surface area contributed by atoms with E-state index in [1.165, 1.54) is 21.6 Å². The predicted octanol–water partition coefficient (Wildman–Crippen LogP) is 4.50. The number of esters is 1. The third kappa shape index (κ3) is 2.97. The van der Waals surface area contributed by atoms with Gasteiger partial charge in [0.15, 0.2) is 0 Å². The molecule has 3 heteroatoms. The van der Waals surface area contributed by atoms with Gasteiger partial charge in [-0.15, -0.1) is 0 Å². The lowest BCUT2D eigenvalue weighted by Gasteiger charge is -2.15. The molecule has 0 spiro atoms. The predicted molar refractivity (Wildman–Crippen MR) is 85.4 cm³/mol. The van der Waals surface area contributed by atoms with Crippen LogP contribution in [-0.4, -0.2) is 5.97 Å². The maximum atomic E-state index is 11.1. The average Bonchev–Trinajstić information content (AvgIpc) is 2.35. The van der Waals surface area contributed by atoms with Crippen molar-refractivity contribution in [1.82, 2.24) is 0 Å². The molecule has 0 aliphatic carbocycles. The third-order valence-corrected chi connectivity index (χ3v) is 3.96. The fourth-order valence-electron chi connectivity index (χ4n) is 2.17. The van der Waals surface area contributed by atoms with Gasteiger partial charge in [-0.25, -0.2) is 0 Å². The molecule has 2 rings (SSSR count). The van der Waals surface area contributed by atoms with E-state index >= 15 is 0 Å². The SMILES string of the molecule is CC(=O)Oc1ccc(C)c(-c2ccccc2I)c1C. The Hall–Kier alpha value is -1.36. The van der Waals surface area contributed by atoms with Gasteiger partial charge in [-0.3, -0.25) is 4.79 Å². The average molecular weight is 366 g/mol. The molecule has 2 nitrogen and oxygen atoms in total. The van der Waals surface area contributed by atoms with Crippen molar-refractivity contribution in [2.75, 3.05) is 0 Å². The van der Waals surface area contributed by atoms with Crippen LogP contribution in [-0.2, 0) is 4.79 Å². The molecule has 2 aromatic rings. The van der Waals surface area contributed by atoms with Crippen molar-refractivity contribution in [3.63, 3.8) is 0 Å². The molecule has 0 aromatic heterocycles. The van der Waals surface area contributed by atoms with Crippen molar-refractivity contribution >= 4 is 28.6 Å². The van der Waals surface area contributed by atoms with Crippen LogP contribution in [0.3, 0.4) is 0 Å². The van der Waals surface area contributed by atoms with Crippen molar-refractivity contribution in [3.05, 3.63) is 51.1 Å². The summed E-state index contributed by atoms with van der Waals surface area (Å²) in [6.45, 7) is 5.48. The second kappa shape index (κ2) is 5.74. The second-order valence-corrected chi connectivity index (χ2v) is 5.62. The second-order valence-electron chi connectivity index (χ2n) is 4.45. The minimum absolute atomic E-state index is 0.291. The third-order valence-electron chi connectivity index (χ3n) is 3.02. The van der Waals surface area contributed by atoms with Crippen molar-refractivity contribution in [2.24, 2.45) is 0 Å². The van der Waals surface area contributed by atoms with Gasteiger partial charge in [-0.05, 0) is 70.8 Å². The van der Waals surface area contributed by atoms with Gasteiger partial charge in [0.25, 0.3) is 0 Å². The Bertz CT molecular complexity index is 633. The summed E-state index contributed by atoms with van der Waals surface area (Å²) in [4.78, 5) is 11.1. The van der Waals surface area contributed by atoms with Gasteiger partial charge in [-0.1, -0.05) is 24.3 Å². The van der Waals surface area contributed by atoms with Gasteiger partial charge >= 0.3 is 5.97 Å². The summed E-state index contributed by atoms with van der Waals surface area (Å²) in [5.74, 6) is 0.341. The highest BCUT2D eigenvalue weighted by molar-refractivity contribution is 14.1. The van der Waals surface area contributed by atoms with Crippen LogP contribution >= 0.6 is 22.6 Å². The maximum Gasteiger partial charge on any atom is 0.308 e. The molecule has 98 valence electrons. The first-order chi connectivity index (χ1) is 9.00. The van der Waals surface area contributed by atoms with Crippen LogP contribution in [0.1, 0.15) is 18.1 Å². The van der Waals surface area contributed by atoms with Gasteiger partial charge in [0.05, 0.1) is 0 Å². The Kier molecular flexibility index (Phi) is 4.24. The summed E-state index contributed by atoms with van der Waals surface area (Å²) < 4.78 is 6.45. The van der Waals surface area contributed by atoms with E-state index < -0.39 is 0 Å². The number of halogens is 1. The van der Waals surface area contributed by atoms with E-state index in [0.29, 0.717) is 5.75 Å². The quantitative estimate of drug-likeness (QED) is 0.445. The van der Waals surface area contributed by atoms with Gasteiger partial charge in [0.2, 0.25) is 0 Å². The first kappa shape index (κ1) is 14.1. The van der Waals surface area contributed by atoms with Crippen LogP contribution in [0.25, 0.3) is 11.1 Å². The van der Waals surface area contributed by atoms with Crippen molar-refractivity contribution in [2.45, 2.75) is 20.8 Å². The highest BCUT2D eigenvalue weighted by Crippen LogP contribution is 2.35. The van der Waals surface area contributed by atoms with E-state index in [0.717, 1.165) is 11.1 Å². The summed E-state index contributed by atoms with van der Waals surface area (Å²) in [5, 5.41) is 0. The molecule has 0 saturated carbocycles. The Labute approximate surface area is 126 Å². The number of ether oxygens (including phenoxy) is 1. The fourth-order valence-corrected chi connectivity index (χ4v) is 2.83. The van der Waals surface area contributed by atoms with E-state index in [2.05, 4.69) is 41.6 Å². The van der Waals surface area contributed by atoms with Crippen LogP contribution in [0, 0.1) is 17.4 Å². The number of hydrogen-bond acceptors (Lipinski definition) is 2. The summed E-state index contributed by atoms with van der Waals surface area (Å²) in [7, 11) is 0. The van der Waals surface area contributed by atoms with E-state index in [9.17, 15) is 4.79 Å². The number of carbonyl (C=O) groups is 1. The van der Waals surface area contributed by atoms with Crippen LogP contribution in [0.15, 0.2) is 36.4 Å². The lowest BCUT2D eigenvalue weighted by Crippen LogP contribution is -2.04. The van der Waals surface area contributed by atoms with E-state index in [4.69, 9.17) is 4.74 Å². The van der Waals surface area contributed by atoms with Crippen LogP contribution in [0.5, 0.6) is 5.75 Å². The van der Waals surface area contributed by atoms with Gasteiger partial charge < -0.3 is 4.74 Å². The summed E-state index contributed by atoms with van der Waals surface area (Å²) >= 11 is 2.33. The molecular formula is C16H15IO2. The Morgan fingerprint density at radius 3 is 2.42 bits per heavy atom. The maximum absolute atomic E-state index is 11.1. The Balaban J connectivity index is 2.63. The van der Waals surface area contributed by atoms with E-state index in [1.54, 1.807) is 0 Å². The summed E-state index contributed by atoms with van der Waals surface area (Å²) in [6, 6.07) is 12.1. The molecule has 0 bridgehead atoms. The number of aryl methyl sites for hydroxylation is 1. The molecule has 0 fully saturated rings. The Morgan fingerprint density at radius 1 is 1.11 bits per heavy atom. The monoisotopic (exact) mass is 366 g/mol. The highest BCUT2D eigenvalue weighted by Gasteiger charge is 2.13. The zero-order valence-electron chi connectivity index (χ0n) is 11.2. The molecule has 0 radical (unpaired) electrons. The molecule has 2 aromatic carbocycles. The smallest absolute Gasteiger partial charge is 0.308 e. The van der Waals surface area contributed by atoms with Crippen molar-refractivity contribution in [1.29, 1.82) is 0 Å². The summed E-state index contributed by atoms with van der Waals surface area (Å²) in [6.07, 6.45) is 0. The zero-order chi connectivity index (χ0) is 14.0. The van der Waals surface area contributed by atoms with Crippen LogP contribution in [0.2, 0.25) is 0 Å². The minimum Gasteiger partial charge on any atom is -0.426 e. The van der Waals surface area contributed by atoms with Gasteiger partial charge in [-0.2, -0.15) is 0 Å². The molecule has 19 heavy (non-hydrogen) atoms. The van der Waals surface area contributed by atoms with E-state index in [-0.39, 0.29) is 5.97 Å². The van der Waals surface area contributed by atoms with Crippen LogP contribution < -0.4 is 4.74 Å². The van der Waals surface area contributed by atoms with E-state index in [1.807, 2.05) is 31.2 Å². The van der Waals surface area contributed by atoms with Crippen molar-refractivity contribution < 1.29 is 9.53 Å². The summed E-state index contributed by atoms with van der Waals surface area (Å²) in [5.41, 5.74) is 4.49. The normalized spacial score (nSPS) is 10.3. The largest absolute Gasteiger partial charge is 0.426 e. The fraction of sp³-hybridized carbons (Fsp3) is 0.188. The zero-order valence-corrected chi connectivity index (χ0v) is 13.3. The topological polar surface area (TPSA) is 26.3 Å². The Morgan fingerprint density at radius 2 is 1.79 bits per heavy atom. The standard InChI is InChI=1S/C16H15IO2/c1-10-8-9-15(19-12(3)18)11(2)16(10)13-6-4-5-7-14(13)17/h4-9H,1-3H3. The molecule has 0 unspecified atom stereocenters. The molecule has 0 N–H and O–H groups in total. The molecule has 0 saturated heterocycles. The number of rotatable bonds is 2. The molecule has 0 heterocycles. The highest BCUT2D eigenvalue weighted by atomic mass is 127. The van der Waals surface area contributed by atoms with Gasteiger partial charge in [0, 0.05) is 10.5 Å². The first-order valence-electron chi connectivity index (χ1n) is 6.04. The number of hydrogen-bond donors (Lipinski definition) is 0. The lowest BCUT2D eigenvalue weighted by atomic mass is 9.95. The number of carbonyl (C=O) groups excluding carboxylic acids is 1.